The van der Waals surface area contributed by atoms with Crippen molar-refractivity contribution < 1.29 is 9.53 Å². The lowest BCUT2D eigenvalue weighted by Gasteiger charge is -2.28. The predicted octanol–water partition coefficient (Wildman–Crippen LogP) is 6.04. The van der Waals surface area contributed by atoms with Gasteiger partial charge in [0.15, 0.2) is 0 Å². The quantitative estimate of drug-likeness (QED) is 0.388. The van der Waals surface area contributed by atoms with E-state index in [1.165, 1.54) is 57.8 Å². The Morgan fingerprint density at radius 3 is 2.13 bits per heavy atom. The average Bonchev–Trinajstić information content (AvgIpc) is 2.61. The zero-order valence-electron chi connectivity index (χ0n) is 14.6. The van der Waals surface area contributed by atoms with Crippen molar-refractivity contribution in [3.8, 4) is 5.75 Å². The molecule has 1 fully saturated rings. The lowest BCUT2D eigenvalue weighted by atomic mass is 9.78. The molecule has 1 aromatic rings. The van der Waals surface area contributed by atoms with E-state index in [4.69, 9.17) is 4.74 Å². The summed E-state index contributed by atoms with van der Waals surface area (Å²) in [4.78, 5) is 10.6. The van der Waals surface area contributed by atoms with Crippen LogP contribution in [0, 0.1) is 11.8 Å². The summed E-state index contributed by atoms with van der Waals surface area (Å²) in [7, 11) is 0. The summed E-state index contributed by atoms with van der Waals surface area (Å²) >= 11 is 0. The number of hydrogen-bond donors (Lipinski definition) is 0. The Bertz CT molecular complexity index is 430. The van der Waals surface area contributed by atoms with E-state index in [0.29, 0.717) is 5.56 Å². The molecule has 0 N–H and O–H groups in total. The molecule has 0 amide bonds. The third-order valence-corrected chi connectivity index (χ3v) is 5.22. The first-order valence-electron chi connectivity index (χ1n) is 9.50. The normalized spacial score (nSPS) is 21.1. The highest BCUT2D eigenvalue weighted by Crippen LogP contribution is 2.34. The van der Waals surface area contributed by atoms with Crippen LogP contribution in [0.15, 0.2) is 24.3 Å². The van der Waals surface area contributed by atoms with Crippen molar-refractivity contribution in [1.29, 1.82) is 0 Å². The number of carbonyl (C=O) groups excluding carboxylic acids is 1. The van der Waals surface area contributed by atoms with Crippen LogP contribution in [0.25, 0.3) is 0 Å². The van der Waals surface area contributed by atoms with E-state index in [0.717, 1.165) is 36.9 Å². The SMILES string of the molecule is CCCCC[C@H]1CC[C@H](CCCOc2ccc(C=O)cc2)CC1. The van der Waals surface area contributed by atoms with Gasteiger partial charge in [-0.25, -0.2) is 0 Å². The van der Waals surface area contributed by atoms with Gasteiger partial charge in [0.1, 0.15) is 12.0 Å². The molecular formula is C21H32O2. The lowest BCUT2D eigenvalue weighted by Crippen LogP contribution is -2.15. The monoisotopic (exact) mass is 316 g/mol. The van der Waals surface area contributed by atoms with E-state index in [-0.39, 0.29) is 0 Å². The van der Waals surface area contributed by atoms with Gasteiger partial charge in [0.25, 0.3) is 0 Å². The molecule has 2 nitrogen and oxygen atoms in total. The van der Waals surface area contributed by atoms with E-state index in [9.17, 15) is 4.79 Å². The first kappa shape index (κ1) is 18.0. The molecule has 1 saturated carbocycles. The van der Waals surface area contributed by atoms with Crippen LogP contribution in [0.4, 0.5) is 0 Å². The van der Waals surface area contributed by atoms with E-state index < -0.39 is 0 Å². The standard InChI is InChI=1S/C21H32O2/c1-2-3-4-6-18-8-10-19(11-9-18)7-5-16-23-21-14-12-20(17-22)13-15-21/h12-15,17-19H,2-11,16H2,1H3/t18-,19-. The highest BCUT2D eigenvalue weighted by atomic mass is 16.5. The number of hydrogen-bond acceptors (Lipinski definition) is 2. The highest BCUT2D eigenvalue weighted by Gasteiger charge is 2.20. The third kappa shape index (κ3) is 6.76. The molecule has 0 aliphatic heterocycles. The van der Waals surface area contributed by atoms with Gasteiger partial charge in [-0.1, -0.05) is 58.3 Å². The minimum atomic E-state index is 0.702. The first-order valence-corrected chi connectivity index (χ1v) is 9.50. The molecule has 23 heavy (non-hydrogen) atoms. The molecule has 0 spiro atoms. The maximum atomic E-state index is 10.6. The largest absolute Gasteiger partial charge is 0.494 e. The third-order valence-electron chi connectivity index (χ3n) is 5.22. The van der Waals surface area contributed by atoms with Crippen molar-refractivity contribution in [3.63, 3.8) is 0 Å². The molecule has 0 saturated heterocycles. The summed E-state index contributed by atoms with van der Waals surface area (Å²) in [5, 5.41) is 0. The second-order valence-electron chi connectivity index (χ2n) is 7.06. The van der Waals surface area contributed by atoms with Crippen LogP contribution in [0.2, 0.25) is 0 Å². The average molecular weight is 316 g/mol. The molecule has 1 aliphatic rings. The molecule has 2 heteroatoms. The summed E-state index contributed by atoms with van der Waals surface area (Å²) in [5.41, 5.74) is 0.702. The van der Waals surface area contributed by atoms with Gasteiger partial charge in [0, 0.05) is 5.56 Å². The molecule has 1 aromatic carbocycles. The minimum absolute atomic E-state index is 0.702. The van der Waals surface area contributed by atoms with E-state index in [1.807, 2.05) is 24.3 Å². The Morgan fingerprint density at radius 1 is 0.957 bits per heavy atom. The number of rotatable bonds is 10. The highest BCUT2D eigenvalue weighted by molar-refractivity contribution is 5.74. The van der Waals surface area contributed by atoms with Gasteiger partial charge in [-0.2, -0.15) is 0 Å². The van der Waals surface area contributed by atoms with Crippen molar-refractivity contribution in [3.05, 3.63) is 29.8 Å². The van der Waals surface area contributed by atoms with Crippen LogP contribution in [0.5, 0.6) is 5.75 Å². The van der Waals surface area contributed by atoms with Crippen molar-refractivity contribution >= 4 is 6.29 Å². The molecule has 128 valence electrons. The number of aldehydes is 1. The molecule has 0 heterocycles. The molecule has 0 radical (unpaired) electrons. The van der Waals surface area contributed by atoms with E-state index in [1.54, 1.807) is 0 Å². The van der Waals surface area contributed by atoms with Gasteiger partial charge in [0.05, 0.1) is 6.61 Å². The molecule has 0 unspecified atom stereocenters. The summed E-state index contributed by atoms with van der Waals surface area (Å²) in [6.45, 7) is 3.08. The van der Waals surface area contributed by atoms with Gasteiger partial charge in [-0.3, -0.25) is 4.79 Å². The molecule has 0 aromatic heterocycles. The zero-order chi connectivity index (χ0) is 16.3. The van der Waals surface area contributed by atoms with Crippen LogP contribution in [-0.2, 0) is 0 Å². The van der Waals surface area contributed by atoms with Crippen LogP contribution in [0.1, 0.15) is 81.5 Å². The number of benzene rings is 1. The van der Waals surface area contributed by atoms with Crippen LogP contribution >= 0.6 is 0 Å². The fourth-order valence-electron chi connectivity index (χ4n) is 3.70. The fourth-order valence-corrected chi connectivity index (χ4v) is 3.70. The van der Waals surface area contributed by atoms with Crippen LogP contribution in [0.3, 0.4) is 0 Å². The minimum Gasteiger partial charge on any atom is -0.494 e. The van der Waals surface area contributed by atoms with Gasteiger partial charge in [-0.15, -0.1) is 0 Å². The Balaban J connectivity index is 1.54. The number of unbranched alkanes of at least 4 members (excludes halogenated alkanes) is 2. The molecule has 0 atom stereocenters. The maximum Gasteiger partial charge on any atom is 0.150 e. The summed E-state index contributed by atoms with van der Waals surface area (Å²) in [5.74, 6) is 2.79. The van der Waals surface area contributed by atoms with Crippen molar-refractivity contribution in [2.45, 2.75) is 71.1 Å². The van der Waals surface area contributed by atoms with Crippen molar-refractivity contribution in [1.82, 2.24) is 0 Å². The Labute approximate surface area is 141 Å². The molecule has 2 rings (SSSR count). The number of ether oxygens (including phenoxy) is 1. The summed E-state index contributed by atoms with van der Waals surface area (Å²) in [6, 6.07) is 7.38. The Hall–Kier alpha value is -1.31. The fraction of sp³-hybridized carbons (Fsp3) is 0.667. The lowest BCUT2D eigenvalue weighted by molar-refractivity contribution is 0.112. The maximum absolute atomic E-state index is 10.6. The van der Waals surface area contributed by atoms with E-state index >= 15 is 0 Å². The van der Waals surface area contributed by atoms with Gasteiger partial charge in [0.2, 0.25) is 0 Å². The molecule has 0 bridgehead atoms. The van der Waals surface area contributed by atoms with Gasteiger partial charge in [-0.05, 0) is 48.9 Å². The number of carbonyl (C=O) groups is 1. The first-order chi connectivity index (χ1) is 11.3. The summed E-state index contributed by atoms with van der Waals surface area (Å²) in [6.07, 6.45) is 14.7. The van der Waals surface area contributed by atoms with Crippen molar-refractivity contribution in [2.75, 3.05) is 6.61 Å². The Kier molecular flexibility index (Phi) is 8.20. The second kappa shape index (κ2) is 10.5. The molecule has 1 aliphatic carbocycles. The molecular weight excluding hydrogens is 284 g/mol. The van der Waals surface area contributed by atoms with Crippen molar-refractivity contribution in [2.24, 2.45) is 11.8 Å². The van der Waals surface area contributed by atoms with Gasteiger partial charge >= 0.3 is 0 Å². The second-order valence-corrected chi connectivity index (χ2v) is 7.06. The topological polar surface area (TPSA) is 26.3 Å². The smallest absolute Gasteiger partial charge is 0.150 e. The summed E-state index contributed by atoms with van der Waals surface area (Å²) < 4.78 is 5.77. The Morgan fingerprint density at radius 2 is 1.57 bits per heavy atom. The van der Waals surface area contributed by atoms with Gasteiger partial charge < -0.3 is 4.74 Å². The van der Waals surface area contributed by atoms with Crippen LogP contribution < -0.4 is 4.74 Å². The zero-order valence-corrected chi connectivity index (χ0v) is 14.6. The van der Waals surface area contributed by atoms with Crippen LogP contribution in [-0.4, -0.2) is 12.9 Å². The predicted molar refractivity (Wildman–Crippen MR) is 96.1 cm³/mol. The van der Waals surface area contributed by atoms with E-state index in [2.05, 4.69) is 6.92 Å².